The lowest BCUT2D eigenvalue weighted by atomic mass is 10.1. The molecule has 0 atom stereocenters. The Bertz CT molecular complexity index is 499. The Labute approximate surface area is 122 Å². The normalized spacial score (nSPS) is 10.0. The van der Waals surface area contributed by atoms with Crippen LogP contribution in [0.3, 0.4) is 0 Å². The van der Waals surface area contributed by atoms with E-state index in [2.05, 4.69) is 4.74 Å². The number of ether oxygens (including phenoxy) is 3. The van der Waals surface area contributed by atoms with Gasteiger partial charge in [0.25, 0.3) is 5.78 Å². The van der Waals surface area contributed by atoms with Crippen LogP contribution in [0, 0.1) is 0 Å². The lowest BCUT2D eigenvalue weighted by Crippen LogP contribution is -2.18. The van der Waals surface area contributed by atoms with Crippen LogP contribution in [0.25, 0.3) is 0 Å². The van der Waals surface area contributed by atoms with E-state index >= 15 is 0 Å². The lowest BCUT2D eigenvalue weighted by Gasteiger charge is -2.13. The van der Waals surface area contributed by atoms with Crippen LogP contribution in [0.15, 0.2) is 12.1 Å². The van der Waals surface area contributed by atoms with Gasteiger partial charge in [0.05, 0.1) is 30.4 Å². The van der Waals surface area contributed by atoms with Crippen molar-refractivity contribution in [2.24, 2.45) is 0 Å². The Balaban J connectivity index is 3.17. The molecule has 0 radical (unpaired) electrons. The van der Waals surface area contributed by atoms with Crippen LogP contribution in [0.2, 0.25) is 5.02 Å². The fourth-order valence-corrected chi connectivity index (χ4v) is 1.79. The molecule has 0 aliphatic heterocycles. The molecule has 0 aliphatic rings. The molecule has 20 heavy (non-hydrogen) atoms. The van der Waals surface area contributed by atoms with Crippen molar-refractivity contribution >= 4 is 23.4 Å². The molecule has 0 saturated carbocycles. The minimum Gasteiger partial charge on any atom is -0.490 e. The summed E-state index contributed by atoms with van der Waals surface area (Å²) in [7, 11) is 0. The van der Waals surface area contributed by atoms with E-state index < -0.39 is 11.8 Å². The van der Waals surface area contributed by atoms with E-state index in [0.29, 0.717) is 24.7 Å². The Morgan fingerprint density at radius 3 is 2.05 bits per heavy atom. The van der Waals surface area contributed by atoms with Crippen molar-refractivity contribution in [2.45, 2.75) is 20.8 Å². The van der Waals surface area contributed by atoms with Gasteiger partial charge in [-0.1, -0.05) is 11.6 Å². The first-order valence-corrected chi connectivity index (χ1v) is 6.73. The summed E-state index contributed by atoms with van der Waals surface area (Å²) in [5.41, 5.74) is 0.0389. The molecule has 0 bridgehead atoms. The molecule has 1 aromatic carbocycles. The van der Waals surface area contributed by atoms with Crippen LogP contribution in [0.5, 0.6) is 11.5 Å². The van der Waals surface area contributed by atoms with Crippen LogP contribution < -0.4 is 9.47 Å². The van der Waals surface area contributed by atoms with Crippen molar-refractivity contribution in [3.63, 3.8) is 0 Å². The SMILES string of the molecule is CCOC(=O)C(=O)c1cc(OCC)c(OCC)cc1Cl. The molecule has 0 aliphatic carbocycles. The number of Topliss-reactive ketones (excluding diaryl/α,β-unsaturated/α-hetero) is 1. The second-order valence-electron chi connectivity index (χ2n) is 3.69. The molecule has 1 rings (SSSR count). The van der Waals surface area contributed by atoms with Gasteiger partial charge in [-0.15, -0.1) is 0 Å². The molecule has 0 unspecified atom stereocenters. The molecule has 0 saturated heterocycles. The molecule has 0 N–H and O–H groups in total. The monoisotopic (exact) mass is 300 g/mol. The molecular formula is C14H17ClO5. The number of halogens is 1. The number of benzene rings is 1. The summed E-state index contributed by atoms with van der Waals surface area (Å²) in [6, 6.07) is 2.86. The van der Waals surface area contributed by atoms with Gasteiger partial charge in [0.1, 0.15) is 0 Å². The standard InChI is InChI=1S/C14H17ClO5/c1-4-18-11-7-9(13(16)14(17)20-6-3)10(15)8-12(11)19-5-2/h7-8H,4-6H2,1-3H3. The lowest BCUT2D eigenvalue weighted by molar-refractivity contribution is -0.137. The van der Waals surface area contributed by atoms with Crippen molar-refractivity contribution in [1.82, 2.24) is 0 Å². The van der Waals surface area contributed by atoms with Crippen molar-refractivity contribution in [1.29, 1.82) is 0 Å². The van der Waals surface area contributed by atoms with E-state index in [-0.39, 0.29) is 17.2 Å². The summed E-state index contributed by atoms with van der Waals surface area (Å²) in [6.45, 7) is 6.20. The van der Waals surface area contributed by atoms with Crippen molar-refractivity contribution in [3.05, 3.63) is 22.7 Å². The summed E-state index contributed by atoms with van der Waals surface area (Å²) < 4.78 is 15.4. The molecule has 5 nitrogen and oxygen atoms in total. The number of hydrogen-bond acceptors (Lipinski definition) is 5. The fraction of sp³-hybridized carbons (Fsp3) is 0.429. The molecule has 1 aromatic rings. The predicted molar refractivity (Wildman–Crippen MR) is 74.8 cm³/mol. The van der Waals surface area contributed by atoms with Crippen molar-refractivity contribution < 1.29 is 23.8 Å². The molecular weight excluding hydrogens is 284 g/mol. The predicted octanol–water partition coefficient (Wildman–Crippen LogP) is 2.88. The first-order chi connectivity index (χ1) is 9.54. The molecule has 0 fully saturated rings. The maximum Gasteiger partial charge on any atom is 0.379 e. The van der Waals surface area contributed by atoms with Gasteiger partial charge in [-0.2, -0.15) is 0 Å². The number of hydrogen-bond donors (Lipinski definition) is 0. The summed E-state index contributed by atoms with van der Waals surface area (Å²) in [4.78, 5) is 23.4. The highest BCUT2D eigenvalue weighted by Gasteiger charge is 2.23. The summed E-state index contributed by atoms with van der Waals surface area (Å²) in [6.07, 6.45) is 0. The molecule has 0 amide bonds. The van der Waals surface area contributed by atoms with Gasteiger partial charge in [-0.25, -0.2) is 4.79 Å². The average Bonchev–Trinajstić information content (AvgIpc) is 2.41. The number of ketones is 1. The second kappa shape index (κ2) is 7.75. The zero-order chi connectivity index (χ0) is 15.1. The van der Waals surface area contributed by atoms with E-state index in [9.17, 15) is 9.59 Å². The zero-order valence-electron chi connectivity index (χ0n) is 11.7. The Hall–Kier alpha value is -1.75. The van der Waals surface area contributed by atoms with Crippen LogP contribution in [-0.4, -0.2) is 31.6 Å². The summed E-state index contributed by atoms with van der Waals surface area (Å²) in [5, 5.41) is 0.120. The average molecular weight is 301 g/mol. The van der Waals surface area contributed by atoms with Crippen LogP contribution in [0.1, 0.15) is 31.1 Å². The van der Waals surface area contributed by atoms with Crippen LogP contribution in [0.4, 0.5) is 0 Å². The van der Waals surface area contributed by atoms with Gasteiger partial charge in [0.15, 0.2) is 11.5 Å². The minimum atomic E-state index is -0.944. The van der Waals surface area contributed by atoms with E-state index in [0.717, 1.165) is 0 Å². The Morgan fingerprint density at radius 1 is 1.00 bits per heavy atom. The Morgan fingerprint density at radius 2 is 1.55 bits per heavy atom. The van der Waals surface area contributed by atoms with Crippen molar-refractivity contribution in [2.75, 3.05) is 19.8 Å². The van der Waals surface area contributed by atoms with Gasteiger partial charge >= 0.3 is 5.97 Å². The summed E-state index contributed by atoms with van der Waals surface area (Å²) in [5.74, 6) is -0.951. The van der Waals surface area contributed by atoms with Gasteiger partial charge in [-0.05, 0) is 26.8 Å². The first-order valence-electron chi connectivity index (χ1n) is 6.35. The minimum absolute atomic E-state index is 0.0389. The summed E-state index contributed by atoms with van der Waals surface area (Å²) >= 11 is 6.01. The first kappa shape index (κ1) is 16.3. The van der Waals surface area contributed by atoms with Crippen LogP contribution in [-0.2, 0) is 9.53 Å². The second-order valence-corrected chi connectivity index (χ2v) is 4.10. The van der Waals surface area contributed by atoms with E-state index in [1.54, 1.807) is 13.8 Å². The third kappa shape index (κ3) is 3.87. The smallest absolute Gasteiger partial charge is 0.379 e. The van der Waals surface area contributed by atoms with E-state index in [1.807, 2.05) is 6.92 Å². The topological polar surface area (TPSA) is 61.8 Å². The molecule has 110 valence electrons. The van der Waals surface area contributed by atoms with Crippen LogP contribution >= 0.6 is 11.6 Å². The maximum absolute atomic E-state index is 11.9. The fourth-order valence-electron chi connectivity index (χ4n) is 1.55. The molecule has 0 spiro atoms. The van der Waals surface area contributed by atoms with Gasteiger partial charge in [0, 0.05) is 6.07 Å². The third-order valence-electron chi connectivity index (χ3n) is 2.34. The molecule has 0 aromatic heterocycles. The molecule has 6 heteroatoms. The van der Waals surface area contributed by atoms with E-state index in [4.69, 9.17) is 21.1 Å². The number of esters is 1. The quantitative estimate of drug-likeness (QED) is 0.440. The van der Waals surface area contributed by atoms with Gasteiger partial charge in [0.2, 0.25) is 0 Å². The molecule has 0 heterocycles. The number of carbonyl (C=O) groups excluding carboxylic acids is 2. The van der Waals surface area contributed by atoms with Gasteiger partial charge in [-0.3, -0.25) is 4.79 Å². The third-order valence-corrected chi connectivity index (χ3v) is 2.65. The highest BCUT2D eigenvalue weighted by Crippen LogP contribution is 2.34. The van der Waals surface area contributed by atoms with Crippen molar-refractivity contribution in [3.8, 4) is 11.5 Å². The largest absolute Gasteiger partial charge is 0.490 e. The highest BCUT2D eigenvalue weighted by molar-refractivity contribution is 6.45. The Kier molecular flexibility index (Phi) is 6.31. The van der Waals surface area contributed by atoms with Gasteiger partial charge < -0.3 is 14.2 Å². The number of rotatable bonds is 7. The number of carbonyl (C=O) groups is 2. The highest BCUT2D eigenvalue weighted by atomic mass is 35.5. The maximum atomic E-state index is 11.9. The van der Waals surface area contributed by atoms with E-state index in [1.165, 1.54) is 12.1 Å². The zero-order valence-corrected chi connectivity index (χ0v) is 12.5.